The minimum Gasteiger partial charge on any atom is -0.382 e. The van der Waals surface area contributed by atoms with E-state index in [4.69, 9.17) is 9.47 Å². The molecule has 0 radical (unpaired) electrons. The SMILES string of the molecule is CCC1CCC(NCCCOCCOC)C1. The van der Waals surface area contributed by atoms with E-state index in [1.54, 1.807) is 7.11 Å². The molecule has 0 aromatic carbocycles. The maximum Gasteiger partial charge on any atom is 0.0700 e. The molecule has 0 bridgehead atoms. The van der Waals surface area contributed by atoms with Gasteiger partial charge in [-0.25, -0.2) is 0 Å². The van der Waals surface area contributed by atoms with Crippen molar-refractivity contribution in [2.24, 2.45) is 5.92 Å². The molecule has 1 rings (SSSR count). The fraction of sp³-hybridized carbons (Fsp3) is 1.00. The van der Waals surface area contributed by atoms with Gasteiger partial charge in [0, 0.05) is 19.8 Å². The molecule has 1 saturated carbocycles. The quantitative estimate of drug-likeness (QED) is 0.615. The van der Waals surface area contributed by atoms with Crippen LogP contribution >= 0.6 is 0 Å². The van der Waals surface area contributed by atoms with Crippen LogP contribution in [0.25, 0.3) is 0 Å². The molecule has 2 unspecified atom stereocenters. The maximum atomic E-state index is 5.42. The van der Waals surface area contributed by atoms with Crippen molar-refractivity contribution in [1.82, 2.24) is 5.32 Å². The second-order valence-corrected chi connectivity index (χ2v) is 4.70. The van der Waals surface area contributed by atoms with E-state index in [1.807, 2.05) is 0 Å². The highest BCUT2D eigenvalue weighted by Gasteiger charge is 2.22. The third kappa shape index (κ3) is 5.83. The summed E-state index contributed by atoms with van der Waals surface area (Å²) < 4.78 is 10.3. The molecule has 1 fully saturated rings. The Hall–Kier alpha value is -0.120. The third-order valence-corrected chi connectivity index (χ3v) is 3.45. The zero-order valence-corrected chi connectivity index (χ0v) is 10.8. The molecule has 0 aromatic heterocycles. The van der Waals surface area contributed by atoms with E-state index in [9.17, 15) is 0 Å². The zero-order chi connectivity index (χ0) is 11.6. The van der Waals surface area contributed by atoms with Crippen LogP contribution in [0.2, 0.25) is 0 Å². The summed E-state index contributed by atoms with van der Waals surface area (Å²) in [5, 5.41) is 3.63. The summed E-state index contributed by atoms with van der Waals surface area (Å²) >= 11 is 0. The molecule has 0 aliphatic heterocycles. The van der Waals surface area contributed by atoms with Crippen LogP contribution in [0, 0.1) is 5.92 Å². The van der Waals surface area contributed by atoms with Crippen LogP contribution in [0.4, 0.5) is 0 Å². The van der Waals surface area contributed by atoms with Gasteiger partial charge in [0.1, 0.15) is 0 Å². The number of hydrogen-bond acceptors (Lipinski definition) is 3. The Morgan fingerprint density at radius 3 is 2.75 bits per heavy atom. The van der Waals surface area contributed by atoms with Crippen molar-refractivity contribution < 1.29 is 9.47 Å². The number of hydrogen-bond donors (Lipinski definition) is 1. The Morgan fingerprint density at radius 2 is 2.06 bits per heavy atom. The van der Waals surface area contributed by atoms with Crippen molar-refractivity contribution in [1.29, 1.82) is 0 Å². The first kappa shape index (κ1) is 13.9. The molecule has 1 aliphatic rings. The van der Waals surface area contributed by atoms with Crippen molar-refractivity contribution in [2.45, 2.75) is 45.1 Å². The Labute approximate surface area is 99.9 Å². The van der Waals surface area contributed by atoms with Gasteiger partial charge in [-0.15, -0.1) is 0 Å². The lowest BCUT2D eigenvalue weighted by Gasteiger charge is -2.12. The lowest BCUT2D eigenvalue weighted by Crippen LogP contribution is -2.28. The molecule has 96 valence electrons. The first-order valence-electron chi connectivity index (χ1n) is 6.66. The van der Waals surface area contributed by atoms with Crippen molar-refractivity contribution >= 4 is 0 Å². The van der Waals surface area contributed by atoms with Crippen LogP contribution in [-0.4, -0.2) is 39.5 Å². The molecular formula is C13H27NO2. The molecule has 0 heterocycles. The molecule has 0 amide bonds. The summed E-state index contributed by atoms with van der Waals surface area (Å²) in [7, 11) is 1.70. The topological polar surface area (TPSA) is 30.5 Å². The van der Waals surface area contributed by atoms with E-state index in [2.05, 4.69) is 12.2 Å². The number of nitrogens with one attached hydrogen (secondary N) is 1. The van der Waals surface area contributed by atoms with Gasteiger partial charge in [0.15, 0.2) is 0 Å². The van der Waals surface area contributed by atoms with Gasteiger partial charge in [0.25, 0.3) is 0 Å². The summed E-state index contributed by atoms with van der Waals surface area (Å²) in [5.41, 5.74) is 0. The molecule has 0 spiro atoms. The highest BCUT2D eigenvalue weighted by molar-refractivity contribution is 4.79. The van der Waals surface area contributed by atoms with Crippen molar-refractivity contribution in [3.8, 4) is 0 Å². The monoisotopic (exact) mass is 229 g/mol. The molecule has 1 aliphatic carbocycles. The predicted octanol–water partition coefficient (Wildman–Crippen LogP) is 2.21. The molecule has 3 nitrogen and oxygen atoms in total. The van der Waals surface area contributed by atoms with Gasteiger partial charge in [0.05, 0.1) is 13.2 Å². The van der Waals surface area contributed by atoms with E-state index in [0.29, 0.717) is 6.61 Å². The Morgan fingerprint density at radius 1 is 1.19 bits per heavy atom. The highest BCUT2D eigenvalue weighted by Crippen LogP contribution is 2.27. The largest absolute Gasteiger partial charge is 0.382 e. The Balaban J connectivity index is 1.84. The van der Waals surface area contributed by atoms with Crippen molar-refractivity contribution in [3.63, 3.8) is 0 Å². The average molecular weight is 229 g/mol. The van der Waals surface area contributed by atoms with E-state index in [1.165, 1.54) is 25.7 Å². The molecule has 16 heavy (non-hydrogen) atoms. The van der Waals surface area contributed by atoms with Gasteiger partial charge in [-0.2, -0.15) is 0 Å². The Kier molecular flexibility index (Phi) is 7.81. The molecule has 0 aromatic rings. The summed E-state index contributed by atoms with van der Waals surface area (Å²) in [5.74, 6) is 0.968. The van der Waals surface area contributed by atoms with E-state index in [0.717, 1.165) is 38.1 Å². The van der Waals surface area contributed by atoms with E-state index >= 15 is 0 Å². The maximum absolute atomic E-state index is 5.42. The zero-order valence-electron chi connectivity index (χ0n) is 10.8. The molecule has 3 heteroatoms. The van der Waals surface area contributed by atoms with Crippen molar-refractivity contribution in [3.05, 3.63) is 0 Å². The second kappa shape index (κ2) is 8.97. The van der Waals surface area contributed by atoms with Gasteiger partial charge in [0.2, 0.25) is 0 Å². The summed E-state index contributed by atoms with van der Waals surface area (Å²) in [4.78, 5) is 0. The number of methoxy groups -OCH3 is 1. The highest BCUT2D eigenvalue weighted by atomic mass is 16.5. The van der Waals surface area contributed by atoms with Crippen LogP contribution in [0.1, 0.15) is 39.0 Å². The molecular weight excluding hydrogens is 202 g/mol. The third-order valence-electron chi connectivity index (χ3n) is 3.45. The standard InChI is InChI=1S/C13H27NO2/c1-3-12-5-6-13(11-12)14-7-4-8-16-10-9-15-2/h12-14H,3-11H2,1-2H3. The number of ether oxygens (including phenoxy) is 2. The van der Waals surface area contributed by atoms with Crippen LogP contribution in [-0.2, 0) is 9.47 Å². The minimum absolute atomic E-state index is 0.703. The lowest BCUT2D eigenvalue weighted by molar-refractivity contribution is 0.0692. The van der Waals surface area contributed by atoms with E-state index in [-0.39, 0.29) is 0 Å². The predicted molar refractivity (Wildman–Crippen MR) is 66.7 cm³/mol. The smallest absolute Gasteiger partial charge is 0.0700 e. The summed E-state index contributed by atoms with van der Waals surface area (Å²) in [6.07, 6.45) is 6.61. The lowest BCUT2D eigenvalue weighted by atomic mass is 10.1. The fourth-order valence-electron chi connectivity index (χ4n) is 2.36. The summed E-state index contributed by atoms with van der Waals surface area (Å²) in [6, 6.07) is 0.768. The number of rotatable bonds is 9. The molecule has 0 saturated heterocycles. The first-order chi connectivity index (χ1) is 7.86. The van der Waals surface area contributed by atoms with Crippen LogP contribution in [0.15, 0.2) is 0 Å². The van der Waals surface area contributed by atoms with Gasteiger partial charge >= 0.3 is 0 Å². The molecule has 1 N–H and O–H groups in total. The normalized spacial score (nSPS) is 25.1. The van der Waals surface area contributed by atoms with Gasteiger partial charge in [-0.3, -0.25) is 0 Å². The van der Waals surface area contributed by atoms with Crippen LogP contribution in [0.5, 0.6) is 0 Å². The van der Waals surface area contributed by atoms with Gasteiger partial charge in [-0.05, 0) is 38.1 Å². The van der Waals surface area contributed by atoms with Crippen molar-refractivity contribution in [2.75, 3.05) is 33.5 Å². The molecule has 2 atom stereocenters. The Bertz CT molecular complexity index is 164. The van der Waals surface area contributed by atoms with Crippen LogP contribution in [0.3, 0.4) is 0 Å². The van der Waals surface area contributed by atoms with Crippen LogP contribution < -0.4 is 5.32 Å². The summed E-state index contributed by atoms with van der Waals surface area (Å²) in [6.45, 7) is 5.66. The van der Waals surface area contributed by atoms with Gasteiger partial charge < -0.3 is 14.8 Å². The van der Waals surface area contributed by atoms with E-state index < -0.39 is 0 Å². The first-order valence-corrected chi connectivity index (χ1v) is 6.66. The van der Waals surface area contributed by atoms with Gasteiger partial charge in [-0.1, -0.05) is 13.3 Å². The second-order valence-electron chi connectivity index (χ2n) is 4.70. The minimum atomic E-state index is 0.703. The average Bonchev–Trinajstić information content (AvgIpc) is 2.76. The fourth-order valence-corrected chi connectivity index (χ4v) is 2.36.